The summed E-state index contributed by atoms with van der Waals surface area (Å²) in [6, 6.07) is 3.76. The lowest BCUT2D eigenvalue weighted by atomic mass is 9.97. The topological polar surface area (TPSA) is 54.8 Å². The lowest BCUT2D eigenvalue weighted by Crippen LogP contribution is -2.32. The van der Waals surface area contributed by atoms with Gasteiger partial charge in [0.1, 0.15) is 0 Å². The molecule has 0 amide bonds. The summed E-state index contributed by atoms with van der Waals surface area (Å²) in [5.41, 5.74) is 0.871. The normalized spacial score (nSPS) is 16.3. The molecule has 6 heteroatoms. The van der Waals surface area contributed by atoms with Gasteiger partial charge in [0.05, 0.1) is 19.2 Å². The van der Waals surface area contributed by atoms with E-state index in [2.05, 4.69) is 16.8 Å². The highest BCUT2D eigenvalue weighted by atomic mass is 32.1. The van der Waals surface area contributed by atoms with Crippen LogP contribution in [0.2, 0.25) is 0 Å². The first-order valence-electron chi connectivity index (χ1n) is 8.20. The van der Waals surface area contributed by atoms with Gasteiger partial charge in [-0.3, -0.25) is 4.90 Å². The predicted molar refractivity (Wildman–Crippen MR) is 95.3 cm³/mol. The monoisotopic (exact) mass is 348 g/mol. The van der Waals surface area contributed by atoms with Crippen molar-refractivity contribution >= 4 is 11.3 Å². The lowest BCUT2D eigenvalue weighted by Gasteiger charge is -2.31. The van der Waals surface area contributed by atoms with E-state index in [-0.39, 0.29) is 5.75 Å². The largest absolute Gasteiger partial charge is 0.504 e. The molecule has 3 rings (SSSR count). The number of ether oxygens (including phenoxy) is 2. The predicted octanol–water partition coefficient (Wildman–Crippen LogP) is 3.55. The van der Waals surface area contributed by atoms with Gasteiger partial charge >= 0.3 is 0 Å². The van der Waals surface area contributed by atoms with E-state index in [1.165, 1.54) is 9.88 Å². The highest BCUT2D eigenvalue weighted by molar-refractivity contribution is 7.11. The van der Waals surface area contributed by atoms with Crippen molar-refractivity contribution in [2.45, 2.75) is 32.2 Å². The molecule has 0 radical (unpaired) electrons. The number of hydrogen-bond acceptors (Lipinski definition) is 6. The number of aromatic nitrogens is 1. The quantitative estimate of drug-likeness (QED) is 0.895. The minimum atomic E-state index is 0.175. The number of nitrogens with zero attached hydrogens (tertiary/aromatic N) is 2. The van der Waals surface area contributed by atoms with E-state index in [1.807, 2.05) is 29.7 Å². The third-order valence-corrected chi connectivity index (χ3v) is 5.65. The van der Waals surface area contributed by atoms with E-state index in [9.17, 15) is 5.11 Å². The molecule has 0 saturated carbocycles. The van der Waals surface area contributed by atoms with Crippen LogP contribution in [0.1, 0.15) is 34.2 Å². The van der Waals surface area contributed by atoms with Crippen molar-refractivity contribution in [1.29, 1.82) is 0 Å². The maximum atomic E-state index is 10.4. The first kappa shape index (κ1) is 17.0. The van der Waals surface area contributed by atoms with Crippen molar-refractivity contribution in [3.8, 4) is 17.2 Å². The number of likely N-dealkylation sites (tertiary alicyclic amines) is 1. The van der Waals surface area contributed by atoms with Crippen LogP contribution in [0.15, 0.2) is 18.3 Å². The minimum absolute atomic E-state index is 0.175. The Bertz CT molecular complexity index is 694. The summed E-state index contributed by atoms with van der Waals surface area (Å²) in [4.78, 5) is 8.19. The second-order valence-electron chi connectivity index (χ2n) is 6.17. The summed E-state index contributed by atoms with van der Waals surface area (Å²) in [6.07, 6.45) is 4.19. The molecule has 1 saturated heterocycles. The summed E-state index contributed by atoms with van der Waals surface area (Å²) in [5.74, 6) is 1.70. The van der Waals surface area contributed by atoms with Gasteiger partial charge in [0.15, 0.2) is 11.5 Å². The zero-order valence-electron chi connectivity index (χ0n) is 14.4. The van der Waals surface area contributed by atoms with Gasteiger partial charge in [0.2, 0.25) is 5.75 Å². The van der Waals surface area contributed by atoms with Gasteiger partial charge < -0.3 is 14.6 Å². The first-order chi connectivity index (χ1) is 11.6. The van der Waals surface area contributed by atoms with Gasteiger partial charge in [-0.1, -0.05) is 6.07 Å². The highest BCUT2D eigenvalue weighted by Gasteiger charge is 2.24. The number of phenolic OH excluding ortho intramolecular Hbond substituents is 1. The Labute approximate surface area is 146 Å². The molecule has 1 N–H and O–H groups in total. The molecule has 0 bridgehead atoms. The maximum absolute atomic E-state index is 10.4. The van der Waals surface area contributed by atoms with Gasteiger partial charge in [-0.25, -0.2) is 4.98 Å². The third-order valence-electron chi connectivity index (χ3n) is 4.57. The lowest BCUT2D eigenvalue weighted by molar-refractivity contribution is 0.201. The summed E-state index contributed by atoms with van der Waals surface area (Å²) in [6.45, 7) is 4.85. The Morgan fingerprint density at radius 2 is 2.00 bits per heavy atom. The van der Waals surface area contributed by atoms with Crippen molar-refractivity contribution in [3.05, 3.63) is 33.8 Å². The second-order valence-corrected chi connectivity index (χ2v) is 7.43. The molecular weight excluding hydrogens is 324 g/mol. The molecule has 2 heterocycles. The second kappa shape index (κ2) is 7.40. The number of methoxy groups -OCH3 is 2. The van der Waals surface area contributed by atoms with Gasteiger partial charge in [-0.15, -0.1) is 11.3 Å². The van der Waals surface area contributed by atoms with Crippen LogP contribution in [0.25, 0.3) is 0 Å². The molecule has 0 aliphatic carbocycles. The highest BCUT2D eigenvalue weighted by Crippen LogP contribution is 2.40. The van der Waals surface area contributed by atoms with Crippen molar-refractivity contribution in [2.24, 2.45) is 0 Å². The Balaban J connectivity index is 1.64. The number of phenols is 1. The molecule has 0 unspecified atom stereocenters. The van der Waals surface area contributed by atoms with E-state index >= 15 is 0 Å². The average Bonchev–Trinajstić information content (AvgIpc) is 3.03. The smallest absolute Gasteiger partial charge is 0.203 e. The fourth-order valence-electron chi connectivity index (χ4n) is 3.22. The van der Waals surface area contributed by atoms with Gasteiger partial charge in [-0.05, 0) is 38.9 Å². The number of aromatic hydroxyl groups is 1. The fraction of sp³-hybridized carbons (Fsp3) is 0.500. The van der Waals surface area contributed by atoms with Crippen molar-refractivity contribution in [1.82, 2.24) is 9.88 Å². The Morgan fingerprint density at radius 1 is 1.25 bits per heavy atom. The number of thiazole rings is 1. The molecule has 1 aliphatic rings. The Morgan fingerprint density at radius 3 is 2.58 bits per heavy atom. The summed E-state index contributed by atoms with van der Waals surface area (Å²) in [7, 11) is 3.12. The van der Waals surface area contributed by atoms with Crippen LogP contribution in [-0.4, -0.2) is 42.3 Å². The maximum Gasteiger partial charge on any atom is 0.203 e. The van der Waals surface area contributed by atoms with E-state index in [1.54, 1.807) is 14.2 Å². The van der Waals surface area contributed by atoms with E-state index < -0.39 is 0 Å². The molecule has 130 valence electrons. The van der Waals surface area contributed by atoms with Gasteiger partial charge in [-0.2, -0.15) is 0 Å². The average molecular weight is 348 g/mol. The standard InChI is InChI=1S/C18H24N2O3S/c1-12-10-19-18(24-12)13-6-8-20(9-7-13)11-14-4-5-15(22-2)17(23-3)16(14)21/h4-5,10,13,21H,6-9,11H2,1-3H3. The Kier molecular flexibility index (Phi) is 5.26. The fourth-order valence-corrected chi connectivity index (χ4v) is 4.16. The number of hydrogen-bond donors (Lipinski definition) is 1. The molecular formula is C18H24N2O3S. The van der Waals surface area contributed by atoms with E-state index in [4.69, 9.17) is 9.47 Å². The molecule has 0 atom stereocenters. The van der Waals surface area contributed by atoms with Crippen LogP contribution in [0, 0.1) is 6.92 Å². The van der Waals surface area contributed by atoms with Crippen LogP contribution in [0.4, 0.5) is 0 Å². The third kappa shape index (κ3) is 3.49. The van der Waals surface area contributed by atoms with Gasteiger partial charge in [0, 0.05) is 29.1 Å². The number of rotatable bonds is 5. The van der Waals surface area contributed by atoms with Crippen LogP contribution < -0.4 is 9.47 Å². The summed E-state index contributed by atoms with van der Waals surface area (Å²) >= 11 is 1.81. The number of piperidine rings is 1. The molecule has 0 spiro atoms. The first-order valence-corrected chi connectivity index (χ1v) is 9.01. The number of aryl methyl sites for hydroxylation is 1. The zero-order chi connectivity index (χ0) is 17.1. The zero-order valence-corrected chi connectivity index (χ0v) is 15.2. The van der Waals surface area contributed by atoms with Crippen molar-refractivity contribution in [2.75, 3.05) is 27.3 Å². The molecule has 24 heavy (non-hydrogen) atoms. The van der Waals surface area contributed by atoms with Crippen LogP contribution in [0.5, 0.6) is 17.2 Å². The molecule has 2 aromatic rings. The molecule has 1 aromatic heterocycles. The molecule has 1 aromatic carbocycles. The summed E-state index contributed by atoms with van der Waals surface area (Å²) < 4.78 is 10.5. The molecule has 1 fully saturated rings. The van der Waals surface area contributed by atoms with E-state index in [0.29, 0.717) is 17.4 Å². The summed E-state index contributed by atoms with van der Waals surface area (Å²) in [5, 5.41) is 11.7. The van der Waals surface area contributed by atoms with Gasteiger partial charge in [0.25, 0.3) is 0 Å². The number of benzene rings is 1. The van der Waals surface area contributed by atoms with Crippen LogP contribution in [0.3, 0.4) is 0 Å². The SMILES string of the molecule is COc1ccc(CN2CCC(c3ncc(C)s3)CC2)c(O)c1OC. The molecule has 1 aliphatic heterocycles. The van der Waals surface area contributed by atoms with Crippen molar-refractivity contribution in [3.63, 3.8) is 0 Å². The van der Waals surface area contributed by atoms with Crippen LogP contribution >= 0.6 is 11.3 Å². The van der Waals surface area contributed by atoms with Crippen molar-refractivity contribution < 1.29 is 14.6 Å². The van der Waals surface area contributed by atoms with Crippen LogP contribution in [-0.2, 0) is 6.54 Å². The Hall–Kier alpha value is -1.79. The van der Waals surface area contributed by atoms with E-state index in [0.717, 1.165) is 38.0 Å². The minimum Gasteiger partial charge on any atom is -0.504 e. The molecule has 5 nitrogen and oxygen atoms in total.